The lowest BCUT2D eigenvalue weighted by Crippen LogP contribution is -2.48. The van der Waals surface area contributed by atoms with Crippen LogP contribution in [0.25, 0.3) is 11.4 Å². The van der Waals surface area contributed by atoms with Gasteiger partial charge in [-0.1, -0.05) is 35.5 Å². The van der Waals surface area contributed by atoms with Crippen molar-refractivity contribution in [2.24, 2.45) is 0 Å². The highest BCUT2D eigenvalue weighted by atomic mass is 32.2. The number of aromatic nitrogens is 2. The van der Waals surface area contributed by atoms with Crippen molar-refractivity contribution in [1.82, 2.24) is 19.9 Å². The van der Waals surface area contributed by atoms with Crippen LogP contribution in [-0.4, -0.2) is 73.2 Å². The van der Waals surface area contributed by atoms with Crippen molar-refractivity contribution in [3.05, 3.63) is 65.5 Å². The van der Waals surface area contributed by atoms with Gasteiger partial charge in [0.2, 0.25) is 21.7 Å². The molecule has 5 rings (SSSR count). The number of nitrogens with zero attached hydrogens (tertiary/aromatic N) is 5. The van der Waals surface area contributed by atoms with Crippen molar-refractivity contribution in [3.8, 4) is 11.4 Å². The molecule has 0 N–H and O–H groups in total. The summed E-state index contributed by atoms with van der Waals surface area (Å²) in [6.45, 7) is 3.59. The van der Waals surface area contributed by atoms with Crippen molar-refractivity contribution in [2.45, 2.75) is 13.0 Å². The zero-order valence-electron chi connectivity index (χ0n) is 18.3. The van der Waals surface area contributed by atoms with Gasteiger partial charge in [-0.05, 0) is 30.2 Å². The fraction of sp³-hybridized carbons (Fsp3) is 0.348. The van der Waals surface area contributed by atoms with E-state index in [0.717, 1.165) is 11.1 Å². The maximum Gasteiger partial charge on any atom is 0.253 e. The van der Waals surface area contributed by atoms with Gasteiger partial charge < -0.3 is 9.42 Å². The van der Waals surface area contributed by atoms with Crippen LogP contribution < -0.4 is 4.31 Å². The number of rotatable bonds is 5. The lowest BCUT2D eigenvalue weighted by Gasteiger charge is -2.34. The molecule has 1 saturated heterocycles. The summed E-state index contributed by atoms with van der Waals surface area (Å²) in [7, 11) is -3.30. The van der Waals surface area contributed by atoms with Gasteiger partial charge in [0.25, 0.3) is 5.91 Å². The smallest absolute Gasteiger partial charge is 0.253 e. The molecule has 0 saturated carbocycles. The van der Waals surface area contributed by atoms with Crippen LogP contribution in [0.5, 0.6) is 0 Å². The highest BCUT2D eigenvalue weighted by Gasteiger charge is 2.28. The molecule has 2 aliphatic heterocycles. The van der Waals surface area contributed by atoms with Crippen LogP contribution in [-0.2, 0) is 23.0 Å². The Hall–Kier alpha value is -3.24. The molecule has 9 nitrogen and oxygen atoms in total. The van der Waals surface area contributed by atoms with Crippen LogP contribution in [0.3, 0.4) is 0 Å². The van der Waals surface area contributed by atoms with Crippen LogP contribution in [0.15, 0.2) is 53.1 Å². The van der Waals surface area contributed by atoms with Gasteiger partial charge in [-0.3, -0.25) is 14.0 Å². The van der Waals surface area contributed by atoms with Crippen LogP contribution in [0, 0.1) is 0 Å². The average Bonchev–Trinajstić information content (AvgIpc) is 3.46. The van der Waals surface area contributed by atoms with Gasteiger partial charge in [-0.2, -0.15) is 4.98 Å². The maximum atomic E-state index is 13.0. The van der Waals surface area contributed by atoms with E-state index in [1.54, 1.807) is 12.1 Å². The average molecular weight is 468 g/mol. The Morgan fingerprint density at radius 2 is 1.79 bits per heavy atom. The molecule has 3 heterocycles. The van der Waals surface area contributed by atoms with E-state index in [1.807, 2.05) is 41.3 Å². The minimum Gasteiger partial charge on any atom is -0.338 e. The second-order valence-corrected chi connectivity index (χ2v) is 10.3. The third-order valence-corrected chi connectivity index (χ3v) is 7.28. The summed E-state index contributed by atoms with van der Waals surface area (Å²) in [4.78, 5) is 21.6. The first kappa shape index (κ1) is 21.6. The zero-order valence-corrected chi connectivity index (χ0v) is 19.2. The molecule has 0 unspecified atom stereocenters. The normalized spacial score (nSPS) is 16.8. The largest absolute Gasteiger partial charge is 0.338 e. The highest BCUT2D eigenvalue weighted by Crippen LogP contribution is 2.31. The molecule has 2 aromatic carbocycles. The van der Waals surface area contributed by atoms with E-state index < -0.39 is 10.0 Å². The molecule has 2 aliphatic rings. The van der Waals surface area contributed by atoms with Gasteiger partial charge in [0.1, 0.15) is 0 Å². The zero-order chi connectivity index (χ0) is 23.0. The molecule has 172 valence electrons. The van der Waals surface area contributed by atoms with E-state index >= 15 is 0 Å². The van der Waals surface area contributed by atoms with Crippen molar-refractivity contribution in [1.29, 1.82) is 0 Å². The molecule has 33 heavy (non-hydrogen) atoms. The summed E-state index contributed by atoms with van der Waals surface area (Å²) in [5.41, 5.74) is 3.09. The monoisotopic (exact) mass is 467 g/mol. The standard InChI is InChI=1S/C23H25N5O4S/c1-33(30,31)28-10-9-18-15-19(7-8-20(18)28)23(29)27-13-11-26(12-14-27)16-21-24-22(25-32-21)17-5-3-2-4-6-17/h2-8,15H,9-14,16H2,1H3. The predicted octanol–water partition coefficient (Wildman–Crippen LogP) is 2.02. The minimum atomic E-state index is -3.30. The van der Waals surface area contributed by atoms with Crippen molar-refractivity contribution >= 4 is 21.6 Å². The van der Waals surface area contributed by atoms with E-state index in [0.29, 0.717) is 68.7 Å². The van der Waals surface area contributed by atoms with Crippen LogP contribution in [0.4, 0.5) is 5.69 Å². The van der Waals surface area contributed by atoms with Gasteiger partial charge in [-0.25, -0.2) is 8.42 Å². The molecule has 1 amide bonds. The molecule has 1 aromatic heterocycles. The fourth-order valence-electron chi connectivity index (χ4n) is 4.36. The number of benzene rings is 2. The Balaban J connectivity index is 1.19. The molecule has 0 spiro atoms. The summed E-state index contributed by atoms with van der Waals surface area (Å²) in [5, 5.41) is 4.07. The number of fused-ring (bicyclic) bond motifs is 1. The number of sulfonamides is 1. The predicted molar refractivity (Wildman–Crippen MR) is 123 cm³/mol. The van der Waals surface area contributed by atoms with Gasteiger partial charge in [0, 0.05) is 43.9 Å². The number of hydrogen-bond donors (Lipinski definition) is 0. The van der Waals surface area contributed by atoms with Gasteiger partial charge in [0.05, 0.1) is 18.5 Å². The lowest BCUT2D eigenvalue weighted by atomic mass is 10.1. The van der Waals surface area contributed by atoms with E-state index in [4.69, 9.17) is 4.52 Å². The molecular formula is C23H25N5O4S. The SMILES string of the molecule is CS(=O)(=O)N1CCc2cc(C(=O)N3CCN(Cc4nc(-c5ccccc5)no4)CC3)ccc21. The fourth-order valence-corrected chi connectivity index (χ4v) is 5.31. The number of anilines is 1. The lowest BCUT2D eigenvalue weighted by molar-refractivity contribution is 0.0615. The van der Waals surface area contributed by atoms with Crippen LogP contribution in [0.1, 0.15) is 21.8 Å². The number of amides is 1. The number of hydrogen-bond acceptors (Lipinski definition) is 7. The van der Waals surface area contributed by atoms with E-state index in [2.05, 4.69) is 15.0 Å². The Morgan fingerprint density at radius 3 is 2.52 bits per heavy atom. The first-order valence-corrected chi connectivity index (χ1v) is 12.7. The van der Waals surface area contributed by atoms with Crippen molar-refractivity contribution in [2.75, 3.05) is 43.3 Å². The minimum absolute atomic E-state index is 0.0283. The molecular weight excluding hydrogens is 442 g/mol. The number of carbonyl (C=O) groups is 1. The number of piperazine rings is 1. The topological polar surface area (TPSA) is 99.9 Å². The molecule has 1 fully saturated rings. The van der Waals surface area contributed by atoms with Crippen molar-refractivity contribution < 1.29 is 17.7 Å². The quantitative estimate of drug-likeness (QED) is 0.566. The Kier molecular flexibility index (Phi) is 5.63. The Bertz CT molecular complexity index is 1270. The molecule has 0 bridgehead atoms. The molecule has 0 aliphatic carbocycles. The van der Waals surface area contributed by atoms with Gasteiger partial charge >= 0.3 is 0 Å². The van der Waals surface area contributed by atoms with Gasteiger partial charge in [-0.15, -0.1) is 0 Å². The van der Waals surface area contributed by atoms with E-state index in [9.17, 15) is 13.2 Å². The van der Waals surface area contributed by atoms with Gasteiger partial charge in [0.15, 0.2) is 0 Å². The Morgan fingerprint density at radius 1 is 1.03 bits per heavy atom. The summed E-state index contributed by atoms with van der Waals surface area (Å²) in [6, 6.07) is 15.0. The summed E-state index contributed by atoms with van der Waals surface area (Å²) in [6.07, 6.45) is 1.82. The first-order valence-electron chi connectivity index (χ1n) is 10.9. The summed E-state index contributed by atoms with van der Waals surface area (Å²) in [5.74, 6) is 1.10. The molecule has 0 radical (unpaired) electrons. The highest BCUT2D eigenvalue weighted by molar-refractivity contribution is 7.92. The second-order valence-electron chi connectivity index (χ2n) is 8.37. The number of carbonyl (C=O) groups excluding carboxylic acids is 1. The summed E-state index contributed by atoms with van der Waals surface area (Å²) < 4.78 is 30.7. The van der Waals surface area contributed by atoms with E-state index in [1.165, 1.54) is 10.6 Å². The molecule has 3 aromatic rings. The Labute approximate surface area is 192 Å². The summed E-state index contributed by atoms with van der Waals surface area (Å²) >= 11 is 0. The van der Waals surface area contributed by atoms with Crippen molar-refractivity contribution in [3.63, 3.8) is 0 Å². The third kappa shape index (κ3) is 4.49. The second kappa shape index (κ2) is 8.60. The first-order chi connectivity index (χ1) is 15.9. The maximum absolute atomic E-state index is 13.0. The van der Waals surface area contributed by atoms with Crippen LogP contribution in [0.2, 0.25) is 0 Å². The molecule has 10 heteroatoms. The third-order valence-electron chi connectivity index (χ3n) is 6.10. The van der Waals surface area contributed by atoms with E-state index in [-0.39, 0.29) is 5.91 Å². The van der Waals surface area contributed by atoms with Crippen LogP contribution >= 0.6 is 0 Å². The molecule has 0 atom stereocenters.